The molecule has 3 aromatic carbocycles. The summed E-state index contributed by atoms with van der Waals surface area (Å²) in [5.74, 6) is -0.0840. The highest BCUT2D eigenvalue weighted by atomic mass is 32.2. The van der Waals surface area contributed by atoms with Crippen molar-refractivity contribution in [2.75, 3.05) is 20.3 Å². The van der Waals surface area contributed by atoms with Crippen molar-refractivity contribution < 1.29 is 17.9 Å². The van der Waals surface area contributed by atoms with E-state index in [0.29, 0.717) is 13.2 Å². The van der Waals surface area contributed by atoms with E-state index in [4.69, 9.17) is 4.74 Å². The first-order chi connectivity index (χ1) is 14.0. The van der Waals surface area contributed by atoms with Crippen LogP contribution in [0.4, 0.5) is 0 Å². The van der Waals surface area contributed by atoms with Gasteiger partial charge >= 0.3 is 0 Å². The predicted molar refractivity (Wildman–Crippen MR) is 113 cm³/mol. The number of nitrogens with one attached hydrogen (secondary N) is 2. The summed E-state index contributed by atoms with van der Waals surface area (Å²) in [6.07, 6.45) is 0.289. The van der Waals surface area contributed by atoms with Crippen molar-refractivity contribution in [1.29, 1.82) is 0 Å². The minimum absolute atomic E-state index is 0.0840. The van der Waals surface area contributed by atoms with Gasteiger partial charge in [-0.05, 0) is 34.0 Å². The minimum atomic E-state index is -3.56. The van der Waals surface area contributed by atoms with Gasteiger partial charge in [0.25, 0.3) is 0 Å². The Hall–Kier alpha value is -2.74. The van der Waals surface area contributed by atoms with Crippen molar-refractivity contribution in [3.05, 3.63) is 77.9 Å². The molecule has 0 spiro atoms. The molecule has 0 radical (unpaired) electrons. The van der Waals surface area contributed by atoms with Gasteiger partial charge in [-0.2, -0.15) is 0 Å². The number of fused-ring (bicyclic) bond motifs is 1. The Morgan fingerprint density at radius 2 is 1.69 bits per heavy atom. The molecule has 29 heavy (non-hydrogen) atoms. The molecule has 7 heteroatoms. The Labute approximate surface area is 170 Å². The maximum absolute atomic E-state index is 12.4. The summed E-state index contributed by atoms with van der Waals surface area (Å²) in [7, 11) is -2.05. The molecular weight excluding hydrogens is 388 g/mol. The zero-order valence-electron chi connectivity index (χ0n) is 16.2. The number of amides is 1. The van der Waals surface area contributed by atoms with Crippen LogP contribution in [-0.2, 0) is 32.5 Å². The SMILES string of the molecule is COCCNS(=O)(=O)c1ccc(CNC(=O)Cc2cccc3ccccc23)cc1. The Morgan fingerprint density at radius 1 is 0.966 bits per heavy atom. The fourth-order valence-electron chi connectivity index (χ4n) is 3.03. The minimum Gasteiger partial charge on any atom is -0.383 e. The Morgan fingerprint density at radius 3 is 2.45 bits per heavy atom. The number of rotatable bonds is 9. The van der Waals surface area contributed by atoms with Gasteiger partial charge in [-0.15, -0.1) is 0 Å². The molecule has 0 aromatic heterocycles. The molecule has 0 heterocycles. The number of hydrogen-bond donors (Lipinski definition) is 2. The summed E-state index contributed by atoms with van der Waals surface area (Å²) >= 11 is 0. The van der Waals surface area contributed by atoms with Crippen molar-refractivity contribution in [2.24, 2.45) is 0 Å². The van der Waals surface area contributed by atoms with E-state index < -0.39 is 10.0 Å². The standard InChI is InChI=1S/C22H24N2O4S/c1-28-14-13-24-29(26,27)20-11-9-17(10-12-20)16-23-22(25)15-19-7-4-6-18-5-2-3-8-21(18)19/h2-12,24H,13-16H2,1H3,(H,23,25). The summed E-state index contributed by atoms with van der Waals surface area (Å²) in [6, 6.07) is 20.4. The van der Waals surface area contributed by atoms with Crippen LogP contribution in [0.1, 0.15) is 11.1 Å². The molecule has 0 fully saturated rings. The molecule has 0 bridgehead atoms. The fraction of sp³-hybridized carbons (Fsp3) is 0.227. The average molecular weight is 413 g/mol. The molecule has 3 aromatic rings. The van der Waals surface area contributed by atoms with Crippen LogP contribution in [0.15, 0.2) is 71.6 Å². The van der Waals surface area contributed by atoms with Gasteiger partial charge in [-0.3, -0.25) is 4.79 Å². The molecule has 0 aliphatic carbocycles. The van der Waals surface area contributed by atoms with Crippen molar-refractivity contribution >= 4 is 26.7 Å². The van der Waals surface area contributed by atoms with Crippen LogP contribution in [-0.4, -0.2) is 34.6 Å². The van der Waals surface area contributed by atoms with Crippen LogP contribution in [0, 0.1) is 0 Å². The van der Waals surface area contributed by atoms with E-state index in [-0.39, 0.29) is 23.8 Å². The van der Waals surface area contributed by atoms with E-state index in [1.54, 1.807) is 12.1 Å². The second-order valence-electron chi connectivity index (χ2n) is 6.63. The quantitative estimate of drug-likeness (QED) is 0.529. The molecular formula is C22H24N2O4S. The molecule has 1 amide bonds. The van der Waals surface area contributed by atoms with E-state index >= 15 is 0 Å². The number of carbonyl (C=O) groups is 1. The van der Waals surface area contributed by atoms with Crippen LogP contribution in [0.25, 0.3) is 10.8 Å². The molecule has 152 valence electrons. The van der Waals surface area contributed by atoms with Gasteiger partial charge in [0.2, 0.25) is 15.9 Å². The molecule has 0 saturated heterocycles. The summed E-state index contributed by atoms with van der Waals surface area (Å²) < 4.78 is 31.6. The van der Waals surface area contributed by atoms with Gasteiger partial charge in [0, 0.05) is 20.2 Å². The van der Waals surface area contributed by atoms with Crippen LogP contribution in [0.2, 0.25) is 0 Å². The van der Waals surface area contributed by atoms with E-state index in [2.05, 4.69) is 10.0 Å². The summed E-state index contributed by atoms with van der Waals surface area (Å²) in [5, 5.41) is 5.07. The smallest absolute Gasteiger partial charge is 0.240 e. The maximum atomic E-state index is 12.4. The number of methoxy groups -OCH3 is 1. The fourth-order valence-corrected chi connectivity index (χ4v) is 4.04. The average Bonchev–Trinajstić information content (AvgIpc) is 2.73. The van der Waals surface area contributed by atoms with Gasteiger partial charge in [-0.25, -0.2) is 13.1 Å². The molecule has 0 unspecified atom stereocenters. The van der Waals surface area contributed by atoms with Crippen molar-refractivity contribution in [3.63, 3.8) is 0 Å². The first kappa shape index (κ1) is 21.0. The zero-order chi connectivity index (χ0) is 20.7. The number of carbonyl (C=O) groups excluding carboxylic acids is 1. The van der Waals surface area contributed by atoms with Gasteiger partial charge in [0.15, 0.2) is 0 Å². The third-order valence-corrected chi connectivity index (χ3v) is 6.03. The maximum Gasteiger partial charge on any atom is 0.240 e. The second-order valence-corrected chi connectivity index (χ2v) is 8.39. The van der Waals surface area contributed by atoms with Crippen LogP contribution in [0.5, 0.6) is 0 Å². The molecule has 0 aliphatic rings. The van der Waals surface area contributed by atoms with Gasteiger partial charge in [0.1, 0.15) is 0 Å². The molecule has 6 nitrogen and oxygen atoms in total. The molecule has 0 aliphatic heterocycles. The summed E-state index contributed by atoms with van der Waals surface area (Å²) in [4.78, 5) is 12.6. The van der Waals surface area contributed by atoms with Crippen LogP contribution >= 0.6 is 0 Å². The molecule has 3 rings (SSSR count). The predicted octanol–water partition coefficient (Wildman–Crippen LogP) is 2.62. The summed E-state index contributed by atoms with van der Waals surface area (Å²) in [6.45, 7) is 0.853. The van der Waals surface area contributed by atoms with Gasteiger partial charge in [-0.1, -0.05) is 54.6 Å². The molecule has 2 N–H and O–H groups in total. The number of hydrogen-bond acceptors (Lipinski definition) is 4. The Balaban J connectivity index is 1.58. The molecule has 0 atom stereocenters. The largest absolute Gasteiger partial charge is 0.383 e. The number of benzene rings is 3. The third kappa shape index (κ3) is 5.63. The van der Waals surface area contributed by atoms with Crippen LogP contribution in [0.3, 0.4) is 0 Å². The third-order valence-electron chi connectivity index (χ3n) is 4.55. The lowest BCUT2D eigenvalue weighted by atomic mass is 10.0. The Kier molecular flexibility index (Phi) is 6.98. The topological polar surface area (TPSA) is 84.5 Å². The highest BCUT2D eigenvalue weighted by Crippen LogP contribution is 2.19. The monoisotopic (exact) mass is 412 g/mol. The van der Waals surface area contributed by atoms with Crippen LogP contribution < -0.4 is 10.0 Å². The first-order valence-corrected chi connectivity index (χ1v) is 10.8. The van der Waals surface area contributed by atoms with Gasteiger partial charge < -0.3 is 10.1 Å². The normalized spacial score (nSPS) is 11.5. The lowest BCUT2D eigenvalue weighted by Gasteiger charge is -2.09. The zero-order valence-corrected chi connectivity index (χ0v) is 17.0. The van der Waals surface area contributed by atoms with Crippen molar-refractivity contribution in [3.8, 4) is 0 Å². The van der Waals surface area contributed by atoms with E-state index in [0.717, 1.165) is 21.9 Å². The first-order valence-electron chi connectivity index (χ1n) is 9.30. The van der Waals surface area contributed by atoms with E-state index in [1.807, 2.05) is 42.5 Å². The lowest BCUT2D eigenvalue weighted by Crippen LogP contribution is -2.27. The van der Waals surface area contributed by atoms with E-state index in [1.165, 1.54) is 19.2 Å². The number of ether oxygens (including phenoxy) is 1. The Bertz CT molecular complexity index is 1070. The van der Waals surface area contributed by atoms with E-state index in [9.17, 15) is 13.2 Å². The lowest BCUT2D eigenvalue weighted by molar-refractivity contribution is -0.120. The number of sulfonamides is 1. The second kappa shape index (κ2) is 9.65. The highest BCUT2D eigenvalue weighted by Gasteiger charge is 2.13. The van der Waals surface area contributed by atoms with Gasteiger partial charge in [0.05, 0.1) is 17.9 Å². The van der Waals surface area contributed by atoms with Crippen molar-refractivity contribution in [1.82, 2.24) is 10.0 Å². The van der Waals surface area contributed by atoms with Crippen molar-refractivity contribution in [2.45, 2.75) is 17.9 Å². The highest BCUT2D eigenvalue weighted by molar-refractivity contribution is 7.89. The summed E-state index contributed by atoms with van der Waals surface area (Å²) in [5.41, 5.74) is 1.80. The molecule has 0 saturated carbocycles.